The third kappa shape index (κ3) is 6.30. The largest absolute Gasteiger partial charge is 0.347 e. The van der Waals surface area contributed by atoms with Gasteiger partial charge in [-0.15, -0.1) is 0 Å². The monoisotopic (exact) mass is 339 g/mol. The molecule has 0 heterocycles. The van der Waals surface area contributed by atoms with Gasteiger partial charge >= 0.3 is 6.03 Å². The van der Waals surface area contributed by atoms with E-state index < -0.39 is 0 Å². The summed E-state index contributed by atoms with van der Waals surface area (Å²) in [6.07, 6.45) is 0. The second-order valence-corrected chi connectivity index (χ2v) is 7.08. The van der Waals surface area contributed by atoms with Crippen LogP contribution in [0.5, 0.6) is 0 Å². The van der Waals surface area contributed by atoms with Crippen LogP contribution in [0.25, 0.3) is 0 Å². The minimum absolute atomic E-state index is 0.170. The van der Waals surface area contributed by atoms with Crippen LogP contribution >= 0.6 is 0 Å². The van der Waals surface area contributed by atoms with Crippen LogP contribution in [0.4, 0.5) is 10.5 Å². The molecule has 2 aromatic carbocycles. The van der Waals surface area contributed by atoms with Crippen molar-refractivity contribution in [2.24, 2.45) is 0 Å². The number of aryl methyl sites for hydroxylation is 1. The van der Waals surface area contributed by atoms with Crippen molar-refractivity contribution in [1.82, 2.24) is 10.6 Å². The number of anilines is 1. The van der Waals surface area contributed by atoms with E-state index in [9.17, 15) is 9.59 Å². The maximum atomic E-state index is 12.2. The molecule has 0 saturated carbocycles. The van der Waals surface area contributed by atoms with E-state index in [0.717, 1.165) is 5.56 Å². The summed E-state index contributed by atoms with van der Waals surface area (Å²) < 4.78 is 0. The Morgan fingerprint density at radius 3 is 2.32 bits per heavy atom. The molecule has 3 N–H and O–H groups in total. The lowest BCUT2D eigenvalue weighted by Crippen LogP contribution is -2.40. The highest BCUT2D eigenvalue weighted by Crippen LogP contribution is 2.12. The predicted molar refractivity (Wildman–Crippen MR) is 101 cm³/mol. The van der Waals surface area contributed by atoms with Crippen LogP contribution in [-0.4, -0.2) is 17.5 Å². The highest BCUT2D eigenvalue weighted by Gasteiger charge is 2.15. The molecule has 25 heavy (non-hydrogen) atoms. The van der Waals surface area contributed by atoms with Crippen LogP contribution in [0.3, 0.4) is 0 Å². The molecule has 5 heteroatoms. The van der Waals surface area contributed by atoms with Crippen molar-refractivity contribution >= 4 is 17.6 Å². The normalized spacial score (nSPS) is 10.9. The number of hydrogen-bond acceptors (Lipinski definition) is 2. The van der Waals surface area contributed by atoms with Crippen molar-refractivity contribution in [2.75, 3.05) is 5.32 Å². The summed E-state index contributed by atoms with van der Waals surface area (Å²) in [5.74, 6) is -0.170. The zero-order chi connectivity index (χ0) is 18.4. The lowest BCUT2D eigenvalue weighted by atomic mass is 10.1. The quantitative estimate of drug-likeness (QED) is 0.792. The fourth-order valence-electron chi connectivity index (χ4n) is 2.21. The van der Waals surface area contributed by atoms with E-state index in [1.807, 2.05) is 52.0 Å². The molecule has 132 valence electrons. The first kappa shape index (κ1) is 18.5. The van der Waals surface area contributed by atoms with E-state index in [1.165, 1.54) is 5.56 Å². The summed E-state index contributed by atoms with van der Waals surface area (Å²) in [7, 11) is 0. The van der Waals surface area contributed by atoms with Crippen molar-refractivity contribution in [2.45, 2.75) is 39.8 Å². The highest BCUT2D eigenvalue weighted by atomic mass is 16.2. The Bertz CT molecular complexity index is 746. The molecule has 0 bridgehead atoms. The van der Waals surface area contributed by atoms with Gasteiger partial charge in [0.1, 0.15) is 0 Å². The van der Waals surface area contributed by atoms with Crippen molar-refractivity contribution in [1.29, 1.82) is 0 Å². The molecule has 3 amide bonds. The maximum absolute atomic E-state index is 12.2. The second-order valence-electron chi connectivity index (χ2n) is 7.08. The second kappa shape index (κ2) is 7.83. The van der Waals surface area contributed by atoms with E-state index in [-0.39, 0.29) is 17.5 Å². The van der Waals surface area contributed by atoms with Gasteiger partial charge in [0.05, 0.1) is 0 Å². The number of carbonyl (C=O) groups is 2. The van der Waals surface area contributed by atoms with Gasteiger partial charge in [-0.1, -0.05) is 35.9 Å². The maximum Gasteiger partial charge on any atom is 0.319 e. The van der Waals surface area contributed by atoms with Gasteiger partial charge in [0.15, 0.2) is 0 Å². The molecule has 0 spiro atoms. The number of hydrogen-bond donors (Lipinski definition) is 3. The number of urea groups is 1. The third-order valence-electron chi connectivity index (χ3n) is 3.44. The molecule has 5 nitrogen and oxygen atoms in total. The minimum atomic E-state index is -0.314. The Labute approximate surface area is 148 Å². The first-order chi connectivity index (χ1) is 11.7. The van der Waals surface area contributed by atoms with Gasteiger partial charge in [0.25, 0.3) is 5.91 Å². The summed E-state index contributed by atoms with van der Waals surface area (Å²) in [5.41, 5.74) is 2.97. The summed E-state index contributed by atoms with van der Waals surface area (Å²) in [6, 6.07) is 14.5. The molecule has 2 rings (SSSR count). The SMILES string of the molecule is Cc1ccc(CNC(=O)Nc2cccc(C(=O)NC(C)(C)C)c2)cc1. The van der Waals surface area contributed by atoms with Gasteiger partial charge < -0.3 is 16.0 Å². The van der Waals surface area contributed by atoms with Gasteiger partial charge in [-0.3, -0.25) is 4.79 Å². The standard InChI is InChI=1S/C20H25N3O2/c1-14-8-10-15(11-9-14)13-21-19(25)22-17-7-5-6-16(12-17)18(24)23-20(2,3)4/h5-12H,13H2,1-4H3,(H,23,24)(H2,21,22,25). The van der Waals surface area contributed by atoms with E-state index in [2.05, 4.69) is 16.0 Å². The molecule has 0 unspecified atom stereocenters. The Morgan fingerprint density at radius 1 is 1.00 bits per heavy atom. The first-order valence-electron chi connectivity index (χ1n) is 8.26. The Hall–Kier alpha value is -2.82. The van der Waals surface area contributed by atoms with Crippen LogP contribution in [0.2, 0.25) is 0 Å². The predicted octanol–water partition coefficient (Wildman–Crippen LogP) is 3.85. The molecular formula is C20H25N3O2. The van der Waals surface area contributed by atoms with Crippen molar-refractivity contribution in [3.05, 3.63) is 65.2 Å². The van der Waals surface area contributed by atoms with Gasteiger partial charge in [-0.05, 0) is 51.5 Å². The summed E-state index contributed by atoms with van der Waals surface area (Å²) >= 11 is 0. The average molecular weight is 339 g/mol. The van der Waals surface area contributed by atoms with Gasteiger partial charge in [-0.25, -0.2) is 4.79 Å². The first-order valence-corrected chi connectivity index (χ1v) is 8.26. The van der Waals surface area contributed by atoms with Crippen LogP contribution in [0.15, 0.2) is 48.5 Å². The highest BCUT2D eigenvalue weighted by molar-refractivity contribution is 5.97. The van der Waals surface area contributed by atoms with Crippen LogP contribution in [0.1, 0.15) is 42.3 Å². The Kier molecular flexibility index (Phi) is 5.80. The molecule has 0 aliphatic rings. The van der Waals surface area contributed by atoms with E-state index in [0.29, 0.717) is 17.8 Å². The number of rotatable bonds is 4. The van der Waals surface area contributed by atoms with Crippen LogP contribution in [0, 0.1) is 6.92 Å². The minimum Gasteiger partial charge on any atom is -0.347 e. The Balaban J connectivity index is 1.93. The zero-order valence-corrected chi connectivity index (χ0v) is 15.1. The number of carbonyl (C=O) groups excluding carboxylic acids is 2. The topological polar surface area (TPSA) is 70.2 Å². The van der Waals surface area contributed by atoms with Crippen molar-refractivity contribution in [3.8, 4) is 0 Å². The zero-order valence-electron chi connectivity index (χ0n) is 15.1. The third-order valence-corrected chi connectivity index (χ3v) is 3.44. The fourth-order valence-corrected chi connectivity index (χ4v) is 2.21. The van der Waals surface area contributed by atoms with Crippen LogP contribution in [-0.2, 0) is 6.54 Å². The Morgan fingerprint density at radius 2 is 1.68 bits per heavy atom. The molecular weight excluding hydrogens is 314 g/mol. The van der Waals surface area contributed by atoms with E-state index >= 15 is 0 Å². The van der Waals surface area contributed by atoms with Gasteiger partial charge in [0, 0.05) is 23.3 Å². The van der Waals surface area contributed by atoms with Gasteiger partial charge in [0.2, 0.25) is 0 Å². The summed E-state index contributed by atoms with van der Waals surface area (Å²) in [4.78, 5) is 24.2. The molecule has 0 fully saturated rings. The molecule has 2 aromatic rings. The number of amides is 3. The summed E-state index contributed by atoms with van der Waals surface area (Å²) in [6.45, 7) is 8.23. The molecule has 0 atom stereocenters. The molecule has 0 saturated heterocycles. The molecule has 0 aliphatic heterocycles. The van der Waals surface area contributed by atoms with Crippen molar-refractivity contribution in [3.63, 3.8) is 0 Å². The average Bonchev–Trinajstić information content (AvgIpc) is 2.53. The smallest absolute Gasteiger partial charge is 0.319 e. The van der Waals surface area contributed by atoms with E-state index in [1.54, 1.807) is 24.3 Å². The lowest BCUT2D eigenvalue weighted by Gasteiger charge is -2.20. The van der Waals surface area contributed by atoms with E-state index in [4.69, 9.17) is 0 Å². The number of nitrogens with one attached hydrogen (secondary N) is 3. The molecule has 0 radical (unpaired) electrons. The van der Waals surface area contributed by atoms with Crippen LogP contribution < -0.4 is 16.0 Å². The molecule has 0 aromatic heterocycles. The lowest BCUT2D eigenvalue weighted by molar-refractivity contribution is 0.0919. The fraction of sp³-hybridized carbons (Fsp3) is 0.300. The molecule has 0 aliphatic carbocycles. The van der Waals surface area contributed by atoms with Gasteiger partial charge in [-0.2, -0.15) is 0 Å². The number of benzene rings is 2. The van der Waals surface area contributed by atoms with Crippen molar-refractivity contribution < 1.29 is 9.59 Å². The summed E-state index contributed by atoms with van der Waals surface area (Å²) in [5, 5.41) is 8.45.